The van der Waals surface area contributed by atoms with Crippen LogP contribution in [0.5, 0.6) is 0 Å². The summed E-state index contributed by atoms with van der Waals surface area (Å²) in [7, 11) is 0. The predicted octanol–water partition coefficient (Wildman–Crippen LogP) is 0.371. The average Bonchev–Trinajstić information content (AvgIpc) is 2.28. The van der Waals surface area contributed by atoms with Crippen LogP contribution in [0.4, 0.5) is 0 Å². The van der Waals surface area contributed by atoms with Crippen LogP contribution < -0.4 is 0 Å². The van der Waals surface area contributed by atoms with E-state index in [0.29, 0.717) is 39.0 Å². The highest BCUT2D eigenvalue weighted by atomic mass is 16.2. The molecule has 17 heavy (non-hydrogen) atoms. The Kier molecular flexibility index (Phi) is 3.05. The summed E-state index contributed by atoms with van der Waals surface area (Å²) in [6, 6.07) is 2.17. The van der Waals surface area contributed by atoms with Gasteiger partial charge in [0, 0.05) is 33.1 Å². The van der Waals surface area contributed by atoms with E-state index in [1.807, 2.05) is 0 Å². The molecule has 0 unspecified atom stereocenters. The second kappa shape index (κ2) is 4.36. The number of amides is 2. The van der Waals surface area contributed by atoms with Crippen molar-refractivity contribution in [3.05, 3.63) is 0 Å². The molecule has 2 amide bonds. The number of nitrogens with zero attached hydrogens (tertiary/aromatic N) is 3. The molecule has 5 heteroatoms. The zero-order chi connectivity index (χ0) is 12.5. The highest BCUT2D eigenvalue weighted by Crippen LogP contribution is 2.41. The maximum Gasteiger partial charge on any atom is 0.243 e. The summed E-state index contributed by atoms with van der Waals surface area (Å²) in [5.41, 5.74) is -0.752. The van der Waals surface area contributed by atoms with E-state index in [4.69, 9.17) is 5.26 Å². The molecule has 5 nitrogen and oxygen atoms in total. The fourth-order valence-electron chi connectivity index (χ4n) is 2.43. The monoisotopic (exact) mass is 235 g/mol. The first kappa shape index (κ1) is 11.9. The van der Waals surface area contributed by atoms with E-state index in [9.17, 15) is 9.59 Å². The van der Waals surface area contributed by atoms with Crippen molar-refractivity contribution in [3.8, 4) is 6.07 Å². The first-order valence-electron chi connectivity index (χ1n) is 6.05. The lowest BCUT2D eigenvalue weighted by Crippen LogP contribution is -2.55. The van der Waals surface area contributed by atoms with Crippen LogP contribution in [0.15, 0.2) is 0 Å². The van der Waals surface area contributed by atoms with Crippen molar-refractivity contribution >= 4 is 11.8 Å². The molecule has 92 valence electrons. The molecule has 0 spiro atoms. The summed E-state index contributed by atoms with van der Waals surface area (Å²) in [6.45, 7) is 3.83. The van der Waals surface area contributed by atoms with Gasteiger partial charge in [-0.3, -0.25) is 9.59 Å². The molecule has 2 aliphatic rings. The van der Waals surface area contributed by atoms with Gasteiger partial charge in [0.05, 0.1) is 6.07 Å². The van der Waals surface area contributed by atoms with Crippen LogP contribution >= 0.6 is 0 Å². The Morgan fingerprint density at radius 3 is 2.00 bits per heavy atom. The molecule has 1 aliphatic carbocycles. The lowest BCUT2D eigenvalue weighted by molar-refractivity contribution is -0.147. The molecule has 0 atom stereocenters. The molecule has 0 radical (unpaired) electrons. The van der Waals surface area contributed by atoms with Gasteiger partial charge in [0.15, 0.2) is 0 Å². The van der Waals surface area contributed by atoms with Crippen molar-refractivity contribution in [1.29, 1.82) is 5.26 Å². The van der Waals surface area contributed by atoms with E-state index in [1.165, 1.54) is 0 Å². The van der Waals surface area contributed by atoms with Gasteiger partial charge < -0.3 is 9.80 Å². The third-order valence-electron chi connectivity index (χ3n) is 3.84. The van der Waals surface area contributed by atoms with E-state index >= 15 is 0 Å². The van der Waals surface area contributed by atoms with E-state index in [1.54, 1.807) is 16.7 Å². The maximum atomic E-state index is 12.2. The van der Waals surface area contributed by atoms with Crippen molar-refractivity contribution in [2.24, 2.45) is 5.41 Å². The van der Waals surface area contributed by atoms with Crippen LogP contribution in [0.2, 0.25) is 0 Å². The van der Waals surface area contributed by atoms with Crippen LogP contribution in [-0.2, 0) is 9.59 Å². The smallest absolute Gasteiger partial charge is 0.243 e. The second-order valence-corrected chi connectivity index (χ2v) is 4.85. The highest BCUT2D eigenvalue weighted by molar-refractivity contribution is 5.86. The molecule has 1 aliphatic heterocycles. The van der Waals surface area contributed by atoms with Crippen LogP contribution in [0.3, 0.4) is 0 Å². The fraction of sp³-hybridized carbons (Fsp3) is 0.750. The maximum absolute atomic E-state index is 12.2. The molecule has 2 rings (SSSR count). The lowest BCUT2D eigenvalue weighted by atomic mass is 9.69. The Hall–Kier alpha value is -1.57. The van der Waals surface area contributed by atoms with E-state index in [2.05, 4.69) is 6.07 Å². The second-order valence-electron chi connectivity index (χ2n) is 4.85. The first-order chi connectivity index (χ1) is 8.09. The van der Waals surface area contributed by atoms with Gasteiger partial charge in [-0.05, 0) is 19.3 Å². The normalized spacial score (nSPS) is 22.6. The molecule has 1 saturated heterocycles. The Morgan fingerprint density at radius 1 is 1.12 bits per heavy atom. The Morgan fingerprint density at radius 2 is 1.65 bits per heavy atom. The molecule has 1 heterocycles. The summed E-state index contributed by atoms with van der Waals surface area (Å²) < 4.78 is 0. The van der Waals surface area contributed by atoms with E-state index < -0.39 is 5.41 Å². The molecule has 2 fully saturated rings. The third-order valence-corrected chi connectivity index (χ3v) is 3.84. The summed E-state index contributed by atoms with van der Waals surface area (Å²) in [6.07, 6.45) is 2.34. The van der Waals surface area contributed by atoms with E-state index in [-0.39, 0.29) is 11.8 Å². The molecule has 1 saturated carbocycles. The molecular weight excluding hydrogens is 218 g/mol. The molecule has 0 aromatic heterocycles. The van der Waals surface area contributed by atoms with Gasteiger partial charge in [-0.15, -0.1) is 0 Å². The number of piperazine rings is 1. The Labute approximate surface area is 101 Å². The standard InChI is InChI=1S/C12H17N3O2/c1-10(16)14-5-7-15(8-6-14)11(17)12(9-13)3-2-4-12/h2-8H2,1H3. The minimum atomic E-state index is -0.752. The van der Waals surface area contributed by atoms with Gasteiger partial charge in [0.25, 0.3) is 0 Å². The number of nitriles is 1. The number of carbonyl (C=O) groups is 2. The number of carbonyl (C=O) groups excluding carboxylic acids is 2. The zero-order valence-corrected chi connectivity index (χ0v) is 10.1. The molecule has 0 N–H and O–H groups in total. The number of hydrogen-bond acceptors (Lipinski definition) is 3. The van der Waals surface area contributed by atoms with Gasteiger partial charge >= 0.3 is 0 Å². The number of hydrogen-bond donors (Lipinski definition) is 0. The first-order valence-corrected chi connectivity index (χ1v) is 6.05. The minimum Gasteiger partial charge on any atom is -0.339 e. The zero-order valence-electron chi connectivity index (χ0n) is 10.1. The summed E-state index contributed by atoms with van der Waals surface area (Å²) in [4.78, 5) is 26.9. The topological polar surface area (TPSA) is 64.4 Å². The predicted molar refractivity (Wildman–Crippen MR) is 60.7 cm³/mol. The van der Waals surface area contributed by atoms with Crippen molar-refractivity contribution in [1.82, 2.24) is 9.80 Å². The van der Waals surface area contributed by atoms with Gasteiger partial charge in [-0.25, -0.2) is 0 Å². The Balaban J connectivity index is 1.95. The van der Waals surface area contributed by atoms with Crippen molar-refractivity contribution in [2.75, 3.05) is 26.2 Å². The van der Waals surface area contributed by atoms with Crippen molar-refractivity contribution in [3.63, 3.8) is 0 Å². The van der Waals surface area contributed by atoms with Gasteiger partial charge in [-0.2, -0.15) is 5.26 Å². The van der Waals surface area contributed by atoms with Crippen molar-refractivity contribution in [2.45, 2.75) is 26.2 Å². The van der Waals surface area contributed by atoms with E-state index in [0.717, 1.165) is 6.42 Å². The molecular formula is C12H17N3O2. The van der Waals surface area contributed by atoms with Crippen molar-refractivity contribution < 1.29 is 9.59 Å². The summed E-state index contributed by atoms with van der Waals surface area (Å²) >= 11 is 0. The molecule has 0 aromatic carbocycles. The quantitative estimate of drug-likeness (QED) is 0.659. The van der Waals surface area contributed by atoms with Gasteiger partial charge in [0.2, 0.25) is 11.8 Å². The average molecular weight is 235 g/mol. The minimum absolute atomic E-state index is 0.0329. The van der Waals surface area contributed by atoms with Crippen LogP contribution in [0.1, 0.15) is 26.2 Å². The van der Waals surface area contributed by atoms with Crippen LogP contribution in [0.25, 0.3) is 0 Å². The van der Waals surface area contributed by atoms with Crippen LogP contribution in [0, 0.1) is 16.7 Å². The highest BCUT2D eigenvalue weighted by Gasteiger charge is 2.47. The molecule has 0 bridgehead atoms. The summed E-state index contributed by atoms with van der Waals surface area (Å²) in [5.74, 6) is 0.0187. The lowest BCUT2D eigenvalue weighted by Gasteiger charge is -2.41. The fourth-order valence-corrected chi connectivity index (χ4v) is 2.43. The molecule has 0 aromatic rings. The van der Waals surface area contributed by atoms with Crippen LogP contribution in [-0.4, -0.2) is 47.8 Å². The SMILES string of the molecule is CC(=O)N1CCN(C(=O)C2(C#N)CCC2)CC1. The summed E-state index contributed by atoms with van der Waals surface area (Å²) in [5, 5.41) is 9.12. The Bertz CT molecular complexity index is 374. The van der Waals surface area contributed by atoms with Gasteiger partial charge in [-0.1, -0.05) is 0 Å². The number of rotatable bonds is 1. The largest absolute Gasteiger partial charge is 0.339 e. The van der Waals surface area contributed by atoms with Gasteiger partial charge in [0.1, 0.15) is 5.41 Å². The third kappa shape index (κ3) is 1.99.